The molecule has 2 aromatic heterocycles. The molecule has 3 N–H and O–H groups in total. The number of carbonyl (C=O) groups excluding carboxylic acids is 1. The molecule has 0 atom stereocenters. The summed E-state index contributed by atoms with van der Waals surface area (Å²) < 4.78 is 7.09. The second-order valence-corrected chi connectivity index (χ2v) is 10.6. The van der Waals surface area contributed by atoms with Crippen molar-refractivity contribution in [2.24, 2.45) is 5.92 Å². The first-order chi connectivity index (χ1) is 18.5. The lowest BCUT2D eigenvalue weighted by atomic mass is 9.99. The molecule has 2 amide bonds. The van der Waals surface area contributed by atoms with Crippen molar-refractivity contribution in [2.75, 3.05) is 30.0 Å². The Kier molecular flexibility index (Phi) is 6.84. The Labute approximate surface area is 220 Å². The zero-order valence-corrected chi connectivity index (χ0v) is 21.3. The summed E-state index contributed by atoms with van der Waals surface area (Å²) in [6.07, 6.45) is 7.09. The molecule has 6 rings (SSSR count). The van der Waals surface area contributed by atoms with Crippen molar-refractivity contribution in [2.45, 2.75) is 63.5 Å². The van der Waals surface area contributed by atoms with Crippen LogP contribution in [0.2, 0.25) is 0 Å². The molecule has 3 fully saturated rings. The van der Waals surface area contributed by atoms with E-state index in [-0.39, 0.29) is 17.9 Å². The molecule has 2 saturated carbocycles. The third kappa shape index (κ3) is 5.28. The number of aromatic nitrogens is 4. The van der Waals surface area contributed by atoms with Crippen LogP contribution in [0.4, 0.5) is 16.3 Å². The smallest absolute Gasteiger partial charge is 0.411 e. The number of rotatable bonds is 8. The first-order valence-electron chi connectivity index (χ1n) is 13.6. The third-order valence-corrected chi connectivity index (χ3v) is 7.68. The Hall–Kier alpha value is -3.73. The Morgan fingerprint density at radius 3 is 2.42 bits per heavy atom. The van der Waals surface area contributed by atoms with E-state index in [1.54, 1.807) is 22.7 Å². The topological polar surface area (TPSA) is 134 Å². The van der Waals surface area contributed by atoms with Crippen molar-refractivity contribution in [3.8, 4) is 11.4 Å². The molecule has 0 unspecified atom stereocenters. The summed E-state index contributed by atoms with van der Waals surface area (Å²) in [5.41, 5.74) is 2.16. The first-order valence-corrected chi connectivity index (χ1v) is 13.6. The lowest BCUT2D eigenvalue weighted by Crippen LogP contribution is -2.37. The van der Waals surface area contributed by atoms with Gasteiger partial charge in [0, 0.05) is 49.0 Å². The molecule has 1 aromatic carbocycles. The van der Waals surface area contributed by atoms with Crippen molar-refractivity contribution in [3.63, 3.8) is 0 Å². The summed E-state index contributed by atoms with van der Waals surface area (Å²) in [6, 6.07) is 9.56. The van der Waals surface area contributed by atoms with E-state index in [4.69, 9.17) is 9.84 Å². The Morgan fingerprint density at radius 2 is 1.74 bits per heavy atom. The monoisotopic (exact) mass is 519 g/mol. The van der Waals surface area contributed by atoms with Gasteiger partial charge in [-0.3, -0.25) is 9.69 Å². The number of carbonyl (C=O) groups is 2. The number of amides is 2. The van der Waals surface area contributed by atoms with E-state index in [2.05, 4.69) is 20.8 Å². The van der Waals surface area contributed by atoms with E-state index in [0.717, 1.165) is 56.9 Å². The molecular formula is C27H33N7O4. The molecule has 1 saturated heterocycles. The Balaban J connectivity index is 1.36. The summed E-state index contributed by atoms with van der Waals surface area (Å²) in [5.74, 6) is 1.20. The van der Waals surface area contributed by atoms with E-state index in [0.29, 0.717) is 54.3 Å². The normalized spacial score (nSPS) is 18.5. The van der Waals surface area contributed by atoms with Gasteiger partial charge in [-0.15, -0.1) is 15.3 Å². The second kappa shape index (κ2) is 10.6. The van der Waals surface area contributed by atoms with E-state index in [1.807, 2.05) is 12.1 Å². The zero-order valence-electron chi connectivity index (χ0n) is 21.3. The van der Waals surface area contributed by atoms with Gasteiger partial charge >= 0.3 is 6.09 Å². The van der Waals surface area contributed by atoms with Gasteiger partial charge in [-0.05, 0) is 56.6 Å². The number of carboxylic acid groups (broad SMARTS) is 1. The lowest BCUT2D eigenvalue weighted by Gasteiger charge is -2.28. The molecule has 0 spiro atoms. The lowest BCUT2D eigenvalue weighted by molar-refractivity contribution is 0.0680. The van der Waals surface area contributed by atoms with Crippen LogP contribution in [0.5, 0.6) is 0 Å². The molecular weight excluding hydrogens is 486 g/mol. The van der Waals surface area contributed by atoms with Crippen molar-refractivity contribution < 1.29 is 19.4 Å². The van der Waals surface area contributed by atoms with Crippen LogP contribution < -0.4 is 15.5 Å². The Morgan fingerprint density at radius 1 is 1.00 bits per heavy atom. The van der Waals surface area contributed by atoms with Crippen LogP contribution in [0, 0.1) is 5.92 Å². The molecule has 3 heterocycles. The van der Waals surface area contributed by atoms with Gasteiger partial charge in [-0.1, -0.05) is 25.0 Å². The average Bonchev–Trinajstić information content (AvgIpc) is 3.40. The fraction of sp³-hybridized carbons (Fsp3) is 0.519. The molecule has 0 radical (unpaired) electrons. The fourth-order valence-electron chi connectivity index (χ4n) is 5.33. The highest BCUT2D eigenvalue weighted by Gasteiger charge is 2.28. The van der Waals surface area contributed by atoms with E-state index >= 15 is 0 Å². The van der Waals surface area contributed by atoms with Crippen molar-refractivity contribution in [1.29, 1.82) is 0 Å². The summed E-state index contributed by atoms with van der Waals surface area (Å²) in [7, 11) is 0. The zero-order chi connectivity index (χ0) is 26.1. The van der Waals surface area contributed by atoms with Gasteiger partial charge in [-0.25, -0.2) is 4.79 Å². The number of nitrogens with one attached hydrogen (secondary N) is 2. The molecule has 1 aliphatic heterocycles. The van der Waals surface area contributed by atoms with Crippen LogP contribution in [-0.4, -0.2) is 68.8 Å². The Bertz CT molecular complexity index is 1310. The summed E-state index contributed by atoms with van der Waals surface area (Å²) in [6.45, 7) is 1.64. The van der Waals surface area contributed by atoms with Crippen molar-refractivity contribution in [1.82, 2.24) is 25.1 Å². The standard InChI is InChI=1S/C27H33N7O4/c35-26(29-21-9-10-21)19-7-5-18(6-8-19)24-30-31-25-22(33(27(36)37)16-17-11-13-38-14-12-17)15-23(32-34(24)25)28-20-3-1-2-4-20/h5-8,15,17,20-21H,1-4,9-14,16H2,(H,28,32)(H,29,35)(H,36,37). The minimum atomic E-state index is -1.04. The fourth-order valence-corrected chi connectivity index (χ4v) is 5.33. The molecule has 2 aliphatic carbocycles. The molecule has 3 aromatic rings. The number of benzene rings is 1. The van der Waals surface area contributed by atoms with Crippen LogP contribution in [0.3, 0.4) is 0 Å². The van der Waals surface area contributed by atoms with Gasteiger partial charge in [0.15, 0.2) is 5.82 Å². The van der Waals surface area contributed by atoms with Crippen molar-refractivity contribution in [3.05, 3.63) is 35.9 Å². The predicted molar refractivity (Wildman–Crippen MR) is 141 cm³/mol. The highest BCUT2D eigenvalue weighted by atomic mass is 16.5. The average molecular weight is 520 g/mol. The van der Waals surface area contributed by atoms with Gasteiger partial charge in [0.2, 0.25) is 5.65 Å². The van der Waals surface area contributed by atoms with Crippen LogP contribution in [0.1, 0.15) is 61.7 Å². The largest absolute Gasteiger partial charge is 0.465 e. The summed E-state index contributed by atoms with van der Waals surface area (Å²) in [5, 5.41) is 30.3. The van der Waals surface area contributed by atoms with E-state index in [9.17, 15) is 14.7 Å². The summed E-state index contributed by atoms with van der Waals surface area (Å²) >= 11 is 0. The SMILES string of the molecule is O=C(NC1CC1)c1ccc(-c2nnc3c(N(CC4CCOCC4)C(=O)O)cc(NC4CCCC4)nn23)cc1. The predicted octanol–water partition coefficient (Wildman–Crippen LogP) is 3.95. The van der Waals surface area contributed by atoms with Crippen molar-refractivity contribution >= 4 is 29.2 Å². The van der Waals surface area contributed by atoms with Crippen LogP contribution in [-0.2, 0) is 4.74 Å². The number of ether oxygens (including phenoxy) is 1. The van der Waals surface area contributed by atoms with Crippen LogP contribution >= 0.6 is 0 Å². The maximum atomic E-state index is 12.5. The number of nitrogens with zero attached hydrogens (tertiary/aromatic N) is 5. The first kappa shape index (κ1) is 24.6. The minimum absolute atomic E-state index is 0.0844. The third-order valence-electron chi connectivity index (χ3n) is 7.68. The van der Waals surface area contributed by atoms with Crippen LogP contribution in [0.25, 0.3) is 17.0 Å². The number of anilines is 2. The minimum Gasteiger partial charge on any atom is -0.465 e. The molecule has 3 aliphatic rings. The van der Waals surface area contributed by atoms with Gasteiger partial charge in [0.25, 0.3) is 5.91 Å². The molecule has 38 heavy (non-hydrogen) atoms. The number of hydrogen-bond donors (Lipinski definition) is 3. The molecule has 0 bridgehead atoms. The summed E-state index contributed by atoms with van der Waals surface area (Å²) in [4.78, 5) is 26.3. The maximum Gasteiger partial charge on any atom is 0.411 e. The number of fused-ring (bicyclic) bond motifs is 1. The molecule has 200 valence electrons. The van der Waals surface area contributed by atoms with E-state index in [1.165, 1.54) is 4.90 Å². The quantitative estimate of drug-likeness (QED) is 0.407. The van der Waals surface area contributed by atoms with Gasteiger partial charge in [-0.2, -0.15) is 4.52 Å². The van der Waals surface area contributed by atoms with Gasteiger partial charge in [0.05, 0.1) is 5.69 Å². The molecule has 11 nitrogen and oxygen atoms in total. The number of hydrogen-bond acceptors (Lipinski definition) is 7. The second-order valence-electron chi connectivity index (χ2n) is 10.6. The van der Waals surface area contributed by atoms with Gasteiger partial charge in [0.1, 0.15) is 5.82 Å². The maximum absolute atomic E-state index is 12.5. The van der Waals surface area contributed by atoms with E-state index < -0.39 is 6.09 Å². The van der Waals surface area contributed by atoms with Crippen LogP contribution in [0.15, 0.2) is 30.3 Å². The highest BCUT2D eigenvalue weighted by molar-refractivity contribution is 5.95. The highest BCUT2D eigenvalue weighted by Crippen LogP contribution is 2.31. The molecule has 11 heteroatoms. The van der Waals surface area contributed by atoms with Gasteiger partial charge < -0.3 is 20.5 Å².